The number of allylic oxidation sites excluding steroid dienone is 3. The number of ketones is 2. The predicted octanol–water partition coefficient (Wildman–Crippen LogP) is 8.42. The number of rotatable bonds is 11. The van der Waals surface area contributed by atoms with Gasteiger partial charge in [-0.1, -0.05) is 150 Å². The zero-order valence-electron chi connectivity index (χ0n) is 32.8. The van der Waals surface area contributed by atoms with Gasteiger partial charge in [-0.25, -0.2) is 4.79 Å². The summed E-state index contributed by atoms with van der Waals surface area (Å²) in [4.78, 5) is 41.8. The standard InChI is InChI=1S/C45H58O7Si/c1-32(2)39-29-27-33(3)19-18-20-35(31-51-53(44(5,6)7,37-23-14-10-15-24-37)38-25-16-11-17-26-38)40(46)30-28-34(4)42(41(39)47)52-45(50-8,43(48)49)36-21-12-9-13-22-36/h9-17,21-27,29,32,34-35,42H,18-20,28,30-31H2,1-8H3,(H,48,49)/b33-27-,39-29+/t34-,35+,42+,45-/m1/s1. The number of carboxylic acid groups (broad SMARTS) is 1. The molecule has 0 aliphatic heterocycles. The SMILES string of the molecule is CO[C@](O[C@@H]1C(=O)/C(C(C)C)=C/C=C(/C)CCC[C@@H](CO[Si](c2ccccc2)(c2ccccc2)C(C)(C)C)C(=O)CC[C@H]1C)(C(=O)O)c1ccccc1. The van der Waals surface area contributed by atoms with E-state index in [2.05, 4.69) is 69.3 Å². The molecule has 4 rings (SSSR count). The third-order valence-corrected chi connectivity index (χ3v) is 15.6. The van der Waals surface area contributed by atoms with Crippen LogP contribution in [0, 0.1) is 17.8 Å². The van der Waals surface area contributed by atoms with Gasteiger partial charge in [-0.3, -0.25) is 9.59 Å². The molecule has 53 heavy (non-hydrogen) atoms. The summed E-state index contributed by atoms with van der Waals surface area (Å²) in [6.45, 7) is 14.7. The number of carbonyl (C=O) groups excluding carboxylic acids is 2. The maximum Gasteiger partial charge on any atom is 0.369 e. The van der Waals surface area contributed by atoms with Crippen LogP contribution in [0.3, 0.4) is 0 Å². The van der Waals surface area contributed by atoms with E-state index >= 15 is 0 Å². The number of Topliss-reactive ketones (excluding diaryl/α,β-unsaturated/α-hetero) is 2. The van der Waals surface area contributed by atoms with Crippen molar-refractivity contribution in [1.29, 1.82) is 0 Å². The highest BCUT2D eigenvalue weighted by atomic mass is 28.4. The van der Waals surface area contributed by atoms with E-state index in [0.717, 1.165) is 28.8 Å². The van der Waals surface area contributed by atoms with Gasteiger partial charge in [-0.2, -0.15) is 0 Å². The van der Waals surface area contributed by atoms with Gasteiger partial charge in [0.1, 0.15) is 11.9 Å². The summed E-state index contributed by atoms with van der Waals surface area (Å²) in [5.74, 6) is -4.88. The zero-order valence-corrected chi connectivity index (χ0v) is 33.8. The maximum absolute atomic E-state index is 14.5. The predicted molar refractivity (Wildman–Crippen MR) is 214 cm³/mol. The molecular weight excluding hydrogens is 681 g/mol. The molecule has 4 atom stereocenters. The average molecular weight is 739 g/mol. The van der Waals surface area contributed by atoms with Gasteiger partial charge in [0.2, 0.25) is 0 Å². The number of benzene rings is 3. The van der Waals surface area contributed by atoms with Crippen LogP contribution in [0.25, 0.3) is 0 Å². The second-order valence-electron chi connectivity index (χ2n) is 15.7. The fourth-order valence-corrected chi connectivity index (χ4v) is 12.1. The minimum absolute atomic E-state index is 0.0681. The van der Waals surface area contributed by atoms with Crippen LogP contribution in [0.1, 0.15) is 86.1 Å². The number of methoxy groups -OCH3 is 1. The Balaban J connectivity index is 1.74. The average Bonchev–Trinajstić information content (AvgIpc) is 3.14. The molecule has 0 unspecified atom stereocenters. The Morgan fingerprint density at radius 1 is 0.849 bits per heavy atom. The van der Waals surface area contributed by atoms with E-state index in [4.69, 9.17) is 13.9 Å². The Morgan fingerprint density at radius 3 is 1.89 bits per heavy atom. The van der Waals surface area contributed by atoms with Crippen LogP contribution in [-0.2, 0) is 34.1 Å². The van der Waals surface area contributed by atoms with Gasteiger partial charge in [-0.05, 0) is 59.9 Å². The van der Waals surface area contributed by atoms with Gasteiger partial charge >= 0.3 is 5.97 Å². The first-order valence-corrected chi connectivity index (χ1v) is 20.8. The van der Waals surface area contributed by atoms with Crippen molar-refractivity contribution in [1.82, 2.24) is 0 Å². The lowest BCUT2D eigenvalue weighted by Crippen LogP contribution is -2.67. The fraction of sp³-hybridized carbons (Fsp3) is 0.444. The first-order chi connectivity index (χ1) is 25.2. The van der Waals surface area contributed by atoms with Crippen molar-refractivity contribution in [2.45, 2.75) is 97.5 Å². The molecule has 0 saturated heterocycles. The van der Waals surface area contributed by atoms with Crippen molar-refractivity contribution in [2.75, 3.05) is 13.7 Å². The van der Waals surface area contributed by atoms with Crippen molar-refractivity contribution in [3.05, 3.63) is 120 Å². The van der Waals surface area contributed by atoms with Crippen LogP contribution in [0.5, 0.6) is 0 Å². The second-order valence-corrected chi connectivity index (χ2v) is 20.0. The Hall–Kier alpha value is -3.95. The summed E-state index contributed by atoms with van der Waals surface area (Å²) < 4.78 is 19.3. The Labute approximate surface area is 317 Å². The third kappa shape index (κ3) is 9.59. The van der Waals surface area contributed by atoms with Crippen LogP contribution in [0.4, 0.5) is 0 Å². The first kappa shape index (κ1) is 41.8. The molecule has 7 nitrogen and oxygen atoms in total. The Kier molecular flexibility index (Phi) is 14.5. The van der Waals surface area contributed by atoms with Crippen molar-refractivity contribution in [3.8, 4) is 0 Å². The summed E-state index contributed by atoms with van der Waals surface area (Å²) >= 11 is 0. The number of hydrogen-bond acceptors (Lipinski definition) is 6. The molecule has 1 N–H and O–H groups in total. The van der Waals surface area contributed by atoms with Crippen molar-refractivity contribution < 1.29 is 33.4 Å². The van der Waals surface area contributed by atoms with E-state index in [1.807, 2.05) is 52.0 Å². The number of ether oxygens (including phenoxy) is 2. The molecule has 3 aromatic rings. The summed E-state index contributed by atoms with van der Waals surface area (Å²) in [5.41, 5.74) is 1.88. The summed E-state index contributed by atoms with van der Waals surface area (Å²) in [6, 6.07) is 29.3. The summed E-state index contributed by atoms with van der Waals surface area (Å²) in [7, 11) is -1.62. The van der Waals surface area contributed by atoms with Gasteiger partial charge < -0.3 is 19.0 Å². The van der Waals surface area contributed by atoms with Crippen LogP contribution >= 0.6 is 0 Å². The van der Waals surface area contributed by atoms with Crippen molar-refractivity contribution in [2.24, 2.45) is 17.8 Å². The minimum Gasteiger partial charge on any atom is -0.477 e. The molecule has 0 radical (unpaired) electrons. The normalized spacial score (nSPS) is 22.9. The monoisotopic (exact) mass is 738 g/mol. The second kappa shape index (κ2) is 18.4. The molecule has 0 spiro atoms. The van der Waals surface area contributed by atoms with Crippen LogP contribution in [0.15, 0.2) is 114 Å². The van der Waals surface area contributed by atoms with Gasteiger partial charge in [0.15, 0.2) is 5.78 Å². The van der Waals surface area contributed by atoms with E-state index in [1.54, 1.807) is 30.3 Å². The molecular formula is C45H58O7Si. The largest absolute Gasteiger partial charge is 0.477 e. The minimum atomic E-state index is -2.89. The summed E-state index contributed by atoms with van der Waals surface area (Å²) in [6.07, 6.45) is 5.35. The van der Waals surface area contributed by atoms with Crippen LogP contribution in [-0.4, -0.2) is 50.8 Å². The maximum atomic E-state index is 14.5. The Bertz CT molecular complexity index is 1690. The third-order valence-electron chi connectivity index (χ3n) is 10.6. The topological polar surface area (TPSA) is 99.1 Å². The lowest BCUT2D eigenvalue weighted by molar-refractivity contribution is -0.259. The highest BCUT2D eigenvalue weighted by Crippen LogP contribution is 2.38. The molecule has 0 amide bonds. The quantitative estimate of drug-likeness (QED) is 0.156. The number of aliphatic carboxylic acids is 1. The van der Waals surface area contributed by atoms with E-state index in [-0.39, 0.29) is 47.0 Å². The van der Waals surface area contributed by atoms with E-state index in [1.165, 1.54) is 7.11 Å². The fourth-order valence-electron chi connectivity index (χ4n) is 7.48. The molecule has 0 fully saturated rings. The molecule has 3 aromatic carbocycles. The number of carbonyl (C=O) groups is 3. The van der Waals surface area contributed by atoms with Crippen molar-refractivity contribution >= 4 is 36.2 Å². The van der Waals surface area contributed by atoms with Crippen LogP contribution in [0.2, 0.25) is 5.04 Å². The number of carboxylic acids is 1. The molecule has 1 aliphatic carbocycles. The van der Waals surface area contributed by atoms with Gasteiger partial charge in [0, 0.05) is 37.2 Å². The molecule has 1 aliphatic rings. The van der Waals surface area contributed by atoms with Crippen molar-refractivity contribution in [3.63, 3.8) is 0 Å². The van der Waals surface area contributed by atoms with E-state index in [9.17, 15) is 19.5 Å². The summed E-state index contributed by atoms with van der Waals surface area (Å²) in [5, 5.41) is 12.6. The highest BCUT2D eigenvalue weighted by molar-refractivity contribution is 6.99. The first-order valence-electron chi connectivity index (χ1n) is 18.9. The zero-order chi connectivity index (χ0) is 38.8. The van der Waals surface area contributed by atoms with E-state index in [0.29, 0.717) is 18.4 Å². The molecule has 0 saturated carbocycles. The molecule has 0 bridgehead atoms. The lowest BCUT2D eigenvalue weighted by Gasteiger charge is -2.43. The van der Waals surface area contributed by atoms with Gasteiger partial charge in [0.25, 0.3) is 14.1 Å². The van der Waals surface area contributed by atoms with Gasteiger partial charge in [0.05, 0.1) is 0 Å². The van der Waals surface area contributed by atoms with Gasteiger partial charge in [-0.15, -0.1) is 0 Å². The molecule has 0 heterocycles. The lowest BCUT2D eigenvalue weighted by atomic mass is 9.85. The van der Waals surface area contributed by atoms with Crippen LogP contribution < -0.4 is 10.4 Å². The smallest absolute Gasteiger partial charge is 0.369 e. The Morgan fingerprint density at radius 2 is 1.40 bits per heavy atom. The molecule has 8 heteroatoms. The van der Waals surface area contributed by atoms with E-state index < -0.39 is 32.1 Å². The molecule has 284 valence electrons. The molecule has 0 aromatic heterocycles. The number of hydrogen-bond donors (Lipinski definition) is 1. The highest BCUT2D eigenvalue weighted by Gasteiger charge is 2.51.